The summed E-state index contributed by atoms with van der Waals surface area (Å²) in [5.74, 6) is 0. The molecule has 1 aromatic heterocycles. The lowest BCUT2D eigenvalue weighted by Gasteiger charge is -2.12. The van der Waals surface area contributed by atoms with Gasteiger partial charge in [-0.05, 0) is 35.7 Å². The number of rotatable bonds is 3. The molecule has 3 rings (SSSR count). The van der Waals surface area contributed by atoms with Gasteiger partial charge in [-0.1, -0.05) is 24.3 Å². The molecule has 3 aromatic rings. The average Bonchev–Trinajstić information content (AvgIpc) is 2.53. The third-order valence-corrected chi connectivity index (χ3v) is 4.90. The van der Waals surface area contributed by atoms with Crippen LogP contribution in [0.15, 0.2) is 58.2 Å². The normalized spacial score (nSPS) is 12.5. The summed E-state index contributed by atoms with van der Waals surface area (Å²) in [6.07, 6.45) is -4.62. The van der Waals surface area contributed by atoms with Crippen LogP contribution in [0, 0.1) is 0 Å². The number of nitrogens with two attached hydrogens (primary N) is 1. The summed E-state index contributed by atoms with van der Waals surface area (Å²) in [6, 6.07) is 10.7. The Morgan fingerprint density at radius 2 is 1.73 bits per heavy atom. The zero-order valence-corrected chi connectivity index (χ0v) is 14.0. The van der Waals surface area contributed by atoms with Gasteiger partial charge in [0.1, 0.15) is 0 Å². The second-order valence-electron chi connectivity index (χ2n) is 5.75. The maximum atomic E-state index is 13.2. The number of hydrogen-bond acceptors (Lipinski definition) is 3. The number of H-pyrrole nitrogens is 1. The smallest absolute Gasteiger partial charge is 0.322 e. The van der Waals surface area contributed by atoms with Crippen LogP contribution < -0.4 is 10.7 Å². The number of halogens is 3. The average molecular weight is 382 g/mol. The number of pyridine rings is 1. The first-order chi connectivity index (χ1) is 12.1. The van der Waals surface area contributed by atoms with Crippen LogP contribution in [0.5, 0.6) is 0 Å². The molecule has 3 N–H and O–H groups in total. The molecule has 26 heavy (non-hydrogen) atoms. The third-order valence-electron chi connectivity index (χ3n) is 3.89. The predicted molar refractivity (Wildman–Crippen MR) is 90.2 cm³/mol. The van der Waals surface area contributed by atoms with E-state index in [1.54, 1.807) is 12.1 Å². The van der Waals surface area contributed by atoms with Crippen molar-refractivity contribution in [3.8, 4) is 0 Å². The van der Waals surface area contributed by atoms with Crippen molar-refractivity contribution in [2.24, 2.45) is 5.14 Å². The van der Waals surface area contributed by atoms with E-state index in [1.807, 2.05) is 0 Å². The molecule has 0 fully saturated rings. The molecule has 0 spiro atoms. The molecular weight excluding hydrogens is 369 g/mol. The minimum Gasteiger partial charge on any atom is -0.322 e. The highest BCUT2D eigenvalue weighted by Crippen LogP contribution is 2.34. The number of nitrogens with one attached hydrogen (secondary N) is 1. The number of hydrogen-bond donors (Lipinski definition) is 2. The van der Waals surface area contributed by atoms with Gasteiger partial charge in [-0.25, -0.2) is 13.6 Å². The van der Waals surface area contributed by atoms with Crippen molar-refractivity contribution in [2.75, 3.05) is 0 Å². The lowest BCUT2D eigenvalue weighted by molar-refractivity contribution is -0.136. The number of benzene rings is 2. The Balaban J connectivity index is 2.15. The molecule has 0 aliphatic rings. The van der Waals surface area contributed by atoms with Gasteiger partial charge in [0.25, 0.3) is 0 Å². The van der Waals surface area contributed by atoms with Crippen LogP contribution in [0.3, 0.4) is 0 Å². The molecule has 0 saturated heterocycles. The molecule has 136 valence electrons. The molecule has 9 heteroatoms. The fourth-order valence-electron chi connectivity index (χ4n) is 2.79. The van der Waals surface area contributed by atoms with Crippen LogP contribution in [0.4, 0.5) is 13.2 Å². The fraction of sp³-hybridized carbons (Fsp3) is 0.118. The maximum Gasteiger partial charge on any atom is 0.417 e. The highest BCUT2D eigenvalue weighted by Gasteiger charge is 2.33. The Morgan fingerprint density at radius 3 is 2.38 bits per heavy atom. The molecule has 1 heterocycles. The summed E-state index contributed by atoms with van der Waals surface area (Å²) >= 11 is 0. The first kappa shape index (κ1) is 18.2. The first-order valence-electron chi connectivity index (χ1n) is 7.39. The van der Waals surface area contributed by atoms with Crippen molar-refractivity contribution in [1.29, 1.82) is 0 Å². The molecule has 2 aromatic carbocycles. The Labute approximate surface area is 146 Å². The molecule has 0 unspecified atom stereocenters. The van der Waals surface area contributed by atoms with Crippen LogP contribution in [0.1, 0.15) is 16.7 Å². The summed E-state index contributed by atoms with van der Waals surface area (Å²) in [4.78, 5) is 13.7. The van der Waals surface area contributed by atoms with E-state index in [0.717, 1.165) is 0 Å². The Kier molecular flexibility index (Phi) is 4.37. The molecule has 5 nitrogen and oxygen atoms in total. The summed E-state index contributed by atoms with van der Waals surface area (Å²) in [7, 11) is -3.96. The van der Waals surface area contributed by atoms with Gasteiger partial charge in [0.15, 0.2) is 0 Å². The van der Waals surface area contributed by atoms with Crippen molar-refractivity contribution < 1.29 is 21.6 Å². The largest absolute Gasteiger partial charge is 0.417 e. The van der Waals surface area contributed by atoms with Crippen molar-refractivity contribution in [1.82, 2.24) is 4.98 Å². The minimum absolute atomic E-state index is 0.0494. The zero-order chi connectivity index (χ0) is 19.1. The van der Waals surface area contributed by atoms with Crippen LogP contribution in [0.25, 0.3) is 10.9 Å². The molecule has 0 bridgehead atoms. The van der Waals surface area contributed by atoms with Gasteiger partial charge in [0, 0.05) is 17.0 Å². The molecule has 0 amide bonds. The van der Waals surface area contributed by atoms with Gasteiger partial charge < -0.3 is 4.98 Å². The third kappa shape index (κ3) is 3.63. The van der Waals surface area contributed by atoms with Gasteiger partial charge in [-0.2, -0.15) is 13.2 Å². The van der Waals surface area contributed by atoms with Gasteiger partial charge in [0.2, 0.25) is 15.6 Å². The monoisotopic (exact) mass is 382 g/mol. The van der Waals surface area contributed by atoms with Crippen molar-refractivity contribution in [3.05, 3.63) is 75.6 Å². The van der Waals surface area contributed by atoms with E-state index in [2.05, 4.69) is 4.98 Å². The molecule has 0 aliphatic heterocycles. The van der Waals surface area contributed by atoms with Gasteiger partial charge in [-0.15, -0.1) is 0 Å². The molecule has 0 atom stereocenters. The zero-order valence-electron chi connectivity index (χ0n) is 13.2. The standard InChI is InChI=1S/C17H13F3N2O3S/c18-17(19,20)13-9-16(23)22-14-6-5-10(8-12(13)14)7-11-3-1-2-4-15(11)26(21,24)25/h1-6,8-9H,7H2,(H,22,23)(H2,21,24,25). The highest BCUT2D eigenvalue weighted by molar-refractivity contribution is 7.89. The van der Waals surface area contributed by atoms with E-state index in [0.29, 0.717) is 17.2 Å². The number of sulfonamides is 1. The molecule has 0 radical (unpaired) electrons. The molecule has 0 saturated carbocycles. The second kappa shape index (κ2) is 6.26. The van der Waals surface area contributed by atoms with E-state index in [1.165, 1.54) is 30.3 Å². The quantitative estimate of drug-likeness (QED) is 0.729. The van der Waals surface area contributed by atoms with E-state index < -0.39 is 27.3 Å². The fourth-order valence-corrected chi connectivity index (χ4v) is 3.57. The maximum absolute atomic E-state index is 13.2. The Hall–Kier alpha value is -2.65. The number of aromatic amines is 1. The van der Waals surface area contributed by atoms with Crippen LogP contribution >= 0.6 is 0 Å². The minimum atomic E-state index is -4.69. The van der Waals surface area contributed by atoms with Crippen LogP contribution in [0.2, 0.25) is 0 Å². The lowest BCUT2D eigenvalue weighted by Crippen LogP contribution is -2.15. The Bertz CT molecular complexity index is 1150. The summed E-state index contributed by atoms with van der Waals surface area (Å²) < 4.78 is 63.0. The van der Waals surface area contributed by atoms with Crippen molar-refractivity contribution >= 4 is 20.9 Å². The van der Waals surface area contributed by atoms with E-state index in [9.17, 15) is 26.4 Å². The van der Waals surface area contributed by atoms with Gasteiger partial charge >= 0.3 is 6.18 Å². The first-order valence-corrected chi connectivity index (χ1v) is 8.94. The summed E-state index contributed by atoms with van der Waals surface area (Å²) in [5, 5.41) is 5.02. The van der Waals surface area contributed by atoms with E-state index >= 15 is 0 Å². The molecule has 0 aliphatic carbocycles. The number of aromatic nitrogens is 1. The molecular formula is C17H13F3N2O3S. The van der Waals surface area contributed by atoms with Gasteiger partial charge in [0.05, 0.1) is 10.5 Å². The predicted octanol–water partition coefficient (Wildman–Crippen LogP) is 2.79. The highest BCUT2D eigenvalue weighted by atomic mass is 32.2. The topological polar surface area (TPSA) is 93.0 Å². The van der Waals surface area contributed by atoms with Crippen molar-refractivity contribution in [2.45, 2.75) is 17.5 Å². The van der Waals surface area contributed by atoms with E-state index in [4.69, 9.17) is 5.14 Å². The second-order valence-corrected chi connectivity index (χ2v) is 7.28. The summed E-state index contributed by atoms with van der Waals surface area (Å²) in [6.45, 7) is 0. The number of alkyl halides is 3. The van der Waals surface area contributed by atoms with Crippen molar-refractivity contribution in [3.63, 3.8) is 0 Å². The van der Waals surface area contributed by atoms with Gasteiger partial charge in [-0.3, -0.25) is 4.79 Å². The SMILES string of the molecule is NS(=O)(=O)c1ccccc1Cc1ccc2[nH]c(=O)cc(C(F)(F)F)c2c1. The summed E-state index contributed by atoms with van der Waals surface area (Å²) in [5.41, 5.74) is -1.03. The Morgan fingerprint density at radius 1 is 1.04 bits per heavy atom. The number of fused-ring (bicyclic) bond motifs is 1. The number of primary sulfonamides is 1. The lowest BCUT2D eigenvalue weighted by atomic mass is 10.0. The van der Waals surface area contributed by atoms with Crippen LogP contribution in [-0.2, 0) is 22.6 Å². The van der Waals surface area contributed by atoms with Crippen LogP contribution in [-0.4, -0.2) is 13.4 Å². The van der Waals surface area contributed by atoms with E-state index in [-0.39, 0.29) is 22.2 Å².